The lowest BCUT2D eigenvalue weighted by Gasteiger charge is -2.35. The smallest absolute Gasteiger partial charge is 0.216 e. The summed E-state index contributed by atoms with van der Waals surface area (Å²) in [6, 6.07) is 1.78. The molecule has 0 amide bonds. The van der Waals surface area contributed by atoms with Crippen LogP contribution >= 0.6 is 0 Å². The number of rotatable bonds is 7. The monoisotopic (exact) mass is 455 g/mol. The van der Waals surface area contributed by atoms with Crippen LogP contribution < -0.4 is 0 Å². The Morgan fingerprint density at radius 1 is 1.33 bits per heavy atom. The van der Waals surface area contributed by atoms with Crippen molar-refractivity contribution in [1.82, 2.24) is 4.98 Å². The van der Waals surface area contributed by atoms with Gasteiger partial charge in [-0.3, -0.25) is 0 Å². The van der Waals surface area contributed by atoms with Crippen molar-refractivity contribution in [3.63, 3.8) is 0 Å². The highest BCUT2D eigenvalue weighted by atomic mass is 32.2. The fourth-order valence-electron chi connectivity index (χ4n) is 3.05. The molecule has 2 heterocycles. The summed E-state index contributed by atoms with van der Waals surface area (Å²) in [5.74, 6) is -0.852. The Balaban J connectivity index is 2.35. The van der Waals surface area contributed by atoms with Crippen LogP contribution in [0.5, 0.6) is 0 Å². The molecule has 0 saturated heterocycles. The molecule has 0 bridgehead atoms. The van der Waals surface area contributed by atoms with Crippen LogP contribution in [-0.4, -0.2) is 45.1 Å². The molecule has 0 radical (unpaired) electrons. The highest BCUT2D eigenvalue weighted by Gasteiger charge is 2.39. The number of pyridine rings is 1. The van der Waals surface area contributed by atoms with Crippen molar-refractivity contribution in [3.05, 3.63) is 29.3 Å². The number of hydrogen-bond acceptors (Lipinski definition) is 5. The fourth-order valence-corrected chi connectivity index (χ4v) is 4.33. The maximum atomic E-state index is 14.8. The summed E-state index contributed by atoms with van der Waals surface area (Å²) in [7, 11) is -3.84. The third-order valence-electron chi connectivity index (χ3n) is 5.96. The van der Waals surface area contributed by atoms with E-state index in [4.69, 9.17) is 4.84 Å². The van der Waals surface area contributed by atoms with Crippen LogP contribution in [0.25, 0.3) is 0 Å². The fraction of sp³-hybridized carbons (Fsp3) is 0.667. The first kappa shape index (κ1) is 24.8. The molecule has 1 aliphatic rings. The van der Waals surface area contributed by atoms with Gasteiger partial charge in [0.1, 0.15) is 11.0 Å². The van der Waals surface area contributed by atoms with E-state index in [-0.39, 0.29) is 11.0 Å². The summed E-state index contributed by atoms with van der Waals surface area (Å²) >= 11 is 0. The molecule has 0 aromatic carbocycles. The molecule has 0 fully saturated rings. The molecule has 0 spiro atoms. The summed E-state index contributed by atoms with van der Waals surface area (Å²) in [5.41, 5.74) is 1.95. The first-order chi connectivity index (χ1) is 13.6. The Labute approximate surface area is 182 Å². The van der Waals surface area contributed by atoms with E-state index in [1.807, 2.05) is 54.6 Å². The molecule has 3 unspecified atom stereocenters. The quantitative estimate of drug-likeness (QED) is 0.372. The molecule has 2 rings (SSSR count). The van der Waals surface area contributed by atoms with Crippen molar-refractivity contribution in [1.29, 1.82) is 0 Å². The Morgan fingerprint density at radius 2 is 1.97 bits per heavy atom. The van der Waals surface area contributed by atoms with E-state index >= 15 is 0 Å². The van der Waals surface area contributed by atoms with Gasteiger partial charge in [0.15, 0.2) is 14.4 Å². The van der Waals surface area contributed by atoms with Gasteiger partial charge in [0.05, 0.1) is 22.6 Å². The zero-order chi connectivity index (χ0) is 22.9. The van der Waals surface area contributed by atoms with Crippen LogP contribution in [0.15, 0.2) is 21.8 Å². The van der Waals surface area contributed by atoms with E-state index in [1.54, 1.807) is 6.07 Å². The maximum Gasteiger partial charge on any atom is 0.216 e. The van der Waals surface area contributed by atoms with Crippen LogP contribution in [0.1, 0.15) is 65.0 Å². The van der Waals surface area contributed by atoms with Crippen molar-refractivity contribution < 1.29 is 18.2 Å². The Bertz CT molecular complexity index is 860. The number of aromatic nitrogens is 1. The predicted molar refractivity (Wildman–Crippen MR) is 123 cm³/mol. The van der Waals surface area contributed by atoms with Gasteiger partial charge in [0.25, 0.3) is 0 Å². The molecule has 0 aliphatic carbocycles. The van der Waals surface area contributed by atoms with Crippen LogP contribution in [0.2, 0.25) is 18.1 Å². The molecule has 3 atom stereocenters. The second kappa shape index (κ2) is 8.96. The lowest BCUT2D eigenvalue weighted by atomic mass is 9.86. The van der Waals surface area contributed by atoms with Crippen molar-refractivity contribution in [2.24, 2.45) is 9.55 Å². The molecule has 168 valence electrons. The number of halogens is 1. The second-order valence-electron chi connectivity index (χ2n) is 10.0. The van der Waals surface area contributed by atoms with E-state index in [0.29, 0.717) is 24.1 Å². The second-order valence-corrected chi connectivity index (χ2v) is 16.4. The Kier molecular flexibility index (Phi) is 7.41. The highest BCUT2D eigenvalue weighted by Crippen LogP contribution is 2.41. The lowest BCUT2D eigenvalue weighted by molar-refractivity contribution is 0.128. The molecular weight excluding hydrogens is 421 g/mol. The normalized spacial score (nSPS) is 21.6. The minimum atomic E-state index is -2.42. The maximum absolute atomic E-state index is 14.8. The Hall–Kier alpha value is -1.45. The molecule has 0 saturated carbocycles. The summed E-state index contributed by atoms with van der Waals surface area (Å²) in [4.78, 5) is 20.0. The number of oxime groups is 1. The van der Waals surface area contributed by atoms with Gasteiger partial charge < -0.3 is 9.63 Å². The molecule has 30 heavy (non-hydrogen) atoms. The lowest BCUT2D eigenvalue weighted by Crippen LogP contribution is -2.39. The molecular formula is C21H34FN3O3SSi. The number of nitrogens with zero attached hydrogens (tertiary/aromatic N) is 3. The van der Waals surface area contributed by atoms with Gasteiger partial charge in [-0.15, -0.1) is 0 Å². The molecule has 1 aliphatic heterocycles. The summed E-state index contributed by atoms with van der Waals surface area (Å²) in [5, 5.41) is 3.80. The first-order valence-electron chi connectivity index (χ1n) is 10.2. The van der Waals surface area contributed by atoms with Gasteiger partial charge in [-0.25, -0.2) is 9.19 Å². The average molecular weight is 456 g/mol. The summed E-state index contributed by atoms with van der Waals surface area (Å²) < 4.78 is 30.8. The first-order valence-corrected chi connectivity index (χ1v) is 14.2. The molecule has 9 heteroatoms. The van der Waals surface area contributed by atoms with Crippen molar-refractivity contribution >= 4 is 31.2 Å². The van der Waals surface area contributed by atoms with Crippen molar-refractivity contribution in [2.45, 2.75) is 89.3 Å². The zero-order valence-electron chi connectivity index (χ0n) is 19.2. The van der Waals surface area contributed by atoms with Crippen LogP contribution in [-0.2, 0) is 22.2 Å². The largest absolute Gasteiger partial charge is 0.432 e. The summed E-state index contributed by atoms with van der Waals surface area (Å²) in [6.45, 7) is 15.2. The third-order valence-corrected chi connectivity index (χ3v) is 10.9. The molecule has 1 aromatic heterocycles. The molecule has 1 N–H and O–H groups in total. The van der Waals surface area contributed by atoms with Crippen molar-refractivity contribution in [2.75, 3.05) is 0 Å². The van der Waals surface area contributed by atoms with E-state index < -0.39 is 36.1 Å². The minimum absolute atomic E-state index is 0.285. The van der Waals surface area contributed by atoms with Crippen LogP contribution in [0.4, 0.5) is 4.39 Å². The topological polar surface area (TPSA) is 84.1 Å². The van der Waals surface area contributed by atoms with E-state index in [9.17, 15) is 13.4 Å². The van der Waals surface area contributed by atoms with E-state index in [0.717, 1.165) is 5.56 Å². The van der Waals surface area contributed by atoms with Crippen LogP contribution in [0.3, 0.4) is 0 Å². The minimum Gasteiger partial charge on any atom is -0.432 e. The standard InChI is InChI=1S/C21H34FN3O3SSi/c1-14-18(17(28-25-14)13-24-29(26)20(2,3)4)15-10-12-23-19(22)16(15)9-11-21(5,6)30(7,8)27/h10,12-13,17-18,27H,9,11H2,1-8H3. The zero-order valence-corrected chi connectivity index (χ0v) is 21.0. The van der Waals surface area contributed by atoms with Gasteiger partial charge >= 0.3 is 0 Å². The molecule has 1 aromatic rings. The SMILES string of the molecule is CC1=NOC(C=NS(=O)C(C)(C)C)C1c1ccnc(F)c1CCC(C)(C)[Si](C)(C)O. The van der Waals surface area contributed by atoms with Gasteiger partial charge in [0.2, 0.25) is 5.95 Å². The highest BCUT2D eigenvalue weighted by molar-refractivity contribution is 7.85. The Morgan fingerprint density at radius 3 is 2.53 bits per heavy atom. The predicted octanol–water partition coefficient (Wildman–Crippen LogP) is 4.52. The van der Waals surface area contributed by atoms with Gasteiger partial charge in [-0.1, -0.05) is 19.0 Å². The van der Waals surface area contributed by atoms with E-state index in [1.165, 1.54) is 12.4 Å². The third kappa shape index (κ3) is 5.62. The number of hydrogen-bond donors (Lipinski definition) is 1. The van der Waals surface area contributed by atoms with Gasteiger partial charge in [-0.05, 0) is 70.3 Å². The van der Waals surface area contributed by atoms with Gasteiger partial charge in [-0.2, -0.15) is 8.79 Å². The van der Waals surface area contributed by atoms with Gasteiger partial charge in [0, 0.05) is 11.8 Å². The molecule has 6 nitrogen and oxygen atoms in total. The van der Waals surface area contributed by atoms with Crippen LogP contribution in [0, 0.1) is 5.95 Å². The van der Waals surface area contributed by atoms with Crippen molar-refractivity contribution in [3.8, 4) is 0 Å². The van der Waals surface area contributed by atoms with E-state index in [2.05, 4.69) is 14.5 Å². The average Bonchev–Trinajstić information content (AvgIpc) is 2.97. The summed E-state index contributed by atoms with van der Waals surface area (Å²) in [6.07, 6.45) is 3.47.